The van der Waals surface area contributed by atoms with Gasteiger partial charge in [-0.3, -0.25) is 19.3 Å². The summed E-state index contributed by atoms with van der Waals surface area (Å²) in [6.45, 7) is 0. The topological polar surface area (TPSA) is 105 Å². The lowest BCUT2D eigenvalue weighted by Gasteiger charge is -2.05. The largest absolute Gasteiger partial charge is 0.339 e. The molecule has 0 aliphatic carbocycles. The molecule has 27 heavy (non-hydrogen) atoms. The lowest BCUT2D eigenvalue weighted by atomic mass is 10.1. The van der Waals surface area contributed by atoms with E-state index in [2.05, 4.69) is 15.5 Å². The molecule has 1 aromatic carbocycles. The molecule has 1 aliphatic rings. The number of aryl methyl sites for hydroxylation is 1. The molecule has 0 saturated heterocycles. The summed E-state index contributed by atoms with van der Waals surface area (Å²) in [6, 6.07) is 8.45. The standard InChI is InChI=1S/C18H14N4O4S/c1-22-17(24)11-5-4-10(9-12(11)18(22)25)19-14(23)6-7-15-20-16(21-26-15)13-3-2-8-27-13/h2-5,8-9H,6-7H2,1H3,(H,19,23). The Balaban J connectivity index is 1.38. The minimum absolute atomic E-state index is 0.149. The molecule has 4 rings (SSSR count). The van der Waals surface area contributed by atoms with E-state index in [-0.39, 0.29) is 29.7 Å². The zero-order chi connectivity index (χ0) is 19.0. The molecular formula is C18H14N4O4S. The molecule has 2 aromatic heterocycles. The number of imide groups is 1. The summed E-state index contributed by atoms with van der Waals surface area (Å²) in [5.41, 5.74) is 1.09. The molecule has 8 nitrogen and oxygen atoms in total. The van der Waals surface area contributed by atoms with Crippen molar-refractivity contribution in [3.05, 3.63) is 52.7 Å². The number of fused-ring (bicyclic) bond motifs is 1. The van der Waals surface area contributed by atoms with E-state index in [4.69, 9.17) is 4.52 Å². The van der Waals surface area contributed by atoms with Crippen LogP contribution in [0.2, 0.25) is 0 Å². The molecule has 0 saturated carbocycles. The number of rotatable bonds is 5. The van der Waals surface area contributed by atoms with Crippen LogP contribution in [0.4, 0.5) is 5.69 Å². The molecule has 1 aliphatic heterocycles. The van der Waals surface area contributed by atoms with Gasteiger partial charge in [0.15, 0.2) is 0 Å². The SMILES string of the molecule is CN1C(=O)c2ccc(NC(=O)CCc3nc(-c4cccs4)no3)cc2C1=O. The van der Waals surface area contributed by atoms with Crippen molar-refractivity contribution in [1.82, 2.24) is 15.0 Å². The van der Waals surface area contributed by atoms with Crippen LogP contribution in [0.25, 0.3) is 10.7 Å². The molecule has 3 amide bonds. The van der Waals surface area contributed by atoms with E-state index in [9.17, 15) is 14.4 Å². The van der Waals surface area contributed by atoms with Crippen molar-refractivity contribution >= 4 is 34.7 Å². The van der Waals surface area contributed by atoms with Gasteiger partial charge in [0.05, 0.1) is 16.0 Å². The van der Waals surface area contributed by atoms with Crippen LogP contribution in [0, 0.1) is 0 Å². The van der Waals surface area contributed by atoms with Crippen LogP contribution < -0.4 is 5.32 Å². The van der Waals surface area contributed by atoms with Crippen LogP contribution in [0.5, 0.6) is 0 Å². The molecule has 3 aromatic rings. The normalized spacial score (nSPS) is 13.1. The van der Waals surface area contributed by atoms with Crippen molar-refractivity contribution in [2.45, 2.75) is 12.8 Å². The van der Waals surface area contributed by atoms with Crippen molar-refractivity contribution < 1.29 is 18.9 Å². The third-order valence-electron chi connectivity index (χ3n) is 4.15. The Labute approximate surface area is 157 Å². The molecular weight excluding hydrogens is 368 g/mol. The summed E-state index contributed by atoms with van der Waals surface area (Å²) in [5, 5.41) is 8.54. The number of amides is 3. The number of benzene rings is 1. The van der Waals surface area contributed by atoms with Gasteiger partial charge in [-0.2, -0.15) is 4.98 Å². The zero-order valence-electron chi connectivity index (χ0n) is 14.3. The highest BCUT2D eigenvalue weighted by atomic mass is 32.1. The van der Waals surface area contributed by atoms with E-state index in [1.807, 2.05) is 17.5 Å². The highest BCUT2D eigenvalue weighted by Gasteiger charge is 2.32. The lowest BCUT2D eigenvalue weighted by Crippen LogP contribution is -2.24. The van der Waals surface area contributed by atoms with Crippen LogP contribution in [-0.4, -0.2) is 39.8 Å². The fourth-order valence-electron chi connectivity index (χ4n) is 2.75. The van der Waals surface area contributed by atoms with Gasteiger partial charge in [-0.05, 0) is 29.6 Å². The minimum atomic E-state index is -0.377. The second-order valence-corrected chi connectivity index (χ2v) is 6.91. The Morgan fingerprint density at radius 3 is 2.81 bits per heavy atom. The first-order valence-corrected chi connectivity index (χ1v) is 9.03. The summed E-state index contributed by atoms with van der Waals surface area (Å²) in [6.07, 6.45) is 0.450. The number of carbonyl (C=O) groups is 3. The molecule has 0 atom stereocenters. The van der Waals surface area contributed by atoms with Gasteiger partial charge in [0, 0.05) is 25.6 Å². The van der Waals surface area contributed by atoms with Gasteiger partial charge >= 0.3 is 0 Å². The summed E-state index contributed by atoms with van der Waals surface area (Å²) in [7, 11) is 1.43. The molecule has 0 bridgehead atoms. The molecule has 136 valence electrons. The van der Waals surface area contributed by atoms with E-state index in [1.54, 1.807) is 12.1 Å². The number of nitrogens with zero attached hydrogens (tertiary/aromatic N) is 3. The predicted molar refractivity (Wildman–Crippen MR) is 97.4 cm³/mol. The average molecular weight is 382 g/mol. The van der Waals surface area contributed by atoms with E-state index in [1.165, 1.54) is 24.5 Å². The number of thiophene rings is 1. The van der Waals surface area contributed by atoms with Crippen molar-refractivity contribution in [2.24, 2.45) is 0 Å². The second kappa shape index (κ2) is 6.76. The molecule has 0 radical (unpaired) electrons. The molecule has 0 unspecified atom stereocenters. The van der Waals surface area contributed by atoms with Gasteiger partial charge in [0.2, 0.25) is 17.6 Å². The molecule has 0 fully saturated rings. The van der Waals surface area contributed by atoms with E-state index < -0.39 is 0 Å². The number of hydrogen-bond donors (Lipinski definition) is 1. The second-order valence-electron chi connectivity index (χ2n) is 5.97. The number of carbonyl (C=O) groups excluding carboxylic acids is 3. The van der Waals surface area contributed by atoms with Crippen molar-refractivity contribution in [2.75, 3.05) is 12.4 Å². The lowest BCUT2D eigenvalue weighted by molar-refractivity contribution is -0.116. The third-order valence-corrected chi connectivity index (χ3v) is 5.01. The van der Waals surface area contributed by atoms with Gasteiger partial charge < -0.3 is 9.84 Å². The number of aromatic nitrogens is 2. The van der Waals surface area contributed by atoms with Crippen LogP contribution in [0.3, 0.4) is 0 Å². The maximum Gasteiger partial charge on any atom is 0.261 e. The van der Waals surface area contributed by atoms with Crippen LogP contribution in [0.15, 0.2) is 40.2 Å². The zero-order valence-corrected chi connectivity index (χ0v) is 15.1. The molecule has 1 N–H and O–H groups in total. The summed E-state index contributed by atoms with van der Waals surface area (Å²) in [4.78, 5) is 42.3. The molecule has 3 heterocycles. The number of hydrogen-bond acceptors (Lipinski definition) is 7. The Kier molecular flexibility index (Phi) is 4.28. The summed E-state index contributed by atoms with van der Waals surface area (Å²) < 4.78 is 5.17. The highest BCUT2D eigenvalue weighted by molar-refractivity contribution is 7.13. The van der Waals surface area contributed by atoms with Crippen LogP contribution in [-0.2, 0) is 11.2 Å². The van der Waals surface area contributed by atoms with Gasteiger partial charge in [-0.15, -0.1) is 11.3 Å². The first-order chi connectivity index (χ1) is 13.0. The Morgan fingerprint density at radius 2 is 2.04 bits per heavy atom. The van der Waals surface area contributed by atoms with Crippen LogP contribution >= 0.6 is 11.3 Å². The molecule has 0 spiro atoms. The van der Waals surface area contributed by atoms with E-state index >= 15 is 0 Å². The van der Waals surface area contributed by atoms with E-state index in [0.29, 0.717) is 29.4 Å². The van der Waals surface area contributed by atoms with Crippen LogP contribution in [0.1, 0.15) is 33.0 Å². The Morgan fingerprint density at radius 1 is 1.22 bits per heavy atom. The molecule has 9 heteroatoms. The van der Waals surface area contributed by atoms with Crippen molar-refractivity contribution in [3.63, 3.8) is 0 Å². The van der Waals surface area contributed by atoms with Gasteiger partial charge in [-0.1, -0.05) is 11.2 Å². The Bertz CT molecular complexity index is 1040. The van der Waals surface area contributed by atoms with Gasteiger partial charge in [0.1, 0.15) is 0 Å². The number of nitrogens with one attached hydrogen (secondary N) is 1. The minimum Gasteiger partial charge on any atom is -0.339 e. The monoisotopic (exact) mass is 382 g/mol. The first-order valence-electron chi connectivity index (χ1n) is 8.15. The predicted octanol–water partition coefficient (Wildman–Crippen LogP) is 2.60. The Hall–Kier alpha value is -3.33. The van der Waals surface area contributed by atoms with Crippen molar-refractivity contribution in [3.8, 4) is 10.7 Å². The van der Waals surface area contributed by atoms with Gasteiger partial charge in [0.25, 0.3) is 11.8 Å². The number of anilines is 1. The maximum absolute atomic E-state index is 12.2. The average Bonchev–Trinajstić information content (AvgIpc) is 3.39. The third kappa shape index (κ3) is 3.24. The summed E-state index contributed by atoms with van der Waals surface area (Å²) >= 11 is 1.51. The summed E-state index contributed by atoms with van der Waals surface area (Å²) in [5.74, 6) is -0.0870. The fraction of sp³-hybridized carbons (Fsp3) is 0.167. The first kappa shape index (κ1) is 17.1. The van der Waals surface area contributed by atoms with Gasteiger partial charge in [-0.25, -0.2) is 0 Å². The quantitative estimate of drug-likeness (QED) is 0.680. The fourth-order valence-corrected chi connectivity index (χ4v) is 3.39. The highest BCUT2D eigenvalue weighted by Crippen LogP contribution is 2.25. The van der Waals surface area contributed by atoms with Crippen molar-refractivity contribution in [1.29, 1.82) is 0 Å². The smallest absolute Gasteiger partial charge is 0.261 e. The van der Waals surface area contributed by atoms with E-state index in [0.717, 1.165) is 9.78 Å². The maximum atomic E-state index is 12.2.